The van der Waals surface area contributed by atoms with Crippen molar-refractivity contribution in [2.45, 2.75) is 31.6 Å². The second-order valence-electron chi connectivity index (χ2n) is 6.03. The van der Waals surface area contributed by atoms with Gasteiger partial charge in [-0.3, -0.25) is 4.79 Å². The Morgan fingerprint density at radius 2 is 1.76 bits per heavy atom. The Bertz CT molecular complexity index is 818. The predicted molar refractivity (Wildman–Crippen MR) is 98.9 cm³/mol. The monoisotopic (exact) mass is 360 g/mol. The normalized spacial score (nSPS) is 11.3. The molecule has 2 N–H and O–H groups in total. The highest BCUT2D eigenvalue weighted by molar-refractivity contribution is 7.89. The Morgan fingerprint density at radius 1 is 1.04 bits per heavy atom. The summed E-state index contributed by atoms with van der Waals surface area (Å²) in [7, 11) is -3.69. The molecule has 0 spiro atoms. The highest BCUT2D eigenvalue weighted by atomic mass is 32.2. The smallest absolute Gasteiger partial charge is 0.241 e. The number of benzene rings is 2. The van der Waals surface area contributed by atoms with Crippen molar-refractivity contribution < 1.29 is 13.2 Å². The van der Waals surface area contributed by atoms with Crippen molar-refractivity contribution in [1.82, 2.24) is 10.0 Å². The lowest BCUT2D eigenvalue weighted by Gasteiger charge is -2.10. The van der Waals surface area contributed by atoms with Crippen LogP contribution in [0, 0.1) is 13.8 Å². The topological polar surface area (TPSA) is 75.3 Å². The van der Waals surface area contributed by atoms with E-state index in [1.54, 1.807) is 25.1 Å². The lowest BCUT2D eigenvalue weighted by atomic mass is 10.1. The standard InChI is InChI=1S/C19H24N2O3S/c1-15-10-11-18(16(2)13-15)25(23,24)21-14-19(22)20-12-6-9-17-7-4-3-5-8-17/h3-5,7-8,10-11,13,21H,6,9,12,14H2,1-2H3,(H,20,22). The maximum Gasteiger partial charge on any atom is 0.241 e. The number of carbonyl (C=O) groups excluding carboxylic acids is 1. The summed E-state index contributed by atoms with van der Waals surface area (Å²) in [6.45, 7) is 3.89. The third-order valence-electron chi connectivity index (χ3n) is 3.85. The highest BCUT2D eigenvalue weighted by Crippen LogP contribution is 2.15. The molecule has 1 amide bonds. The summed E-state index contributed by atoms with van der Waals surface area (Å²) in [6.07, 6.45) is 1.68. The Labute approximate surface area is 149 Å². The minimum Gasteiger partial charge on any atom is -0.355 e. The molecular weight excluding hydrogens is 336 g/mol. The van der Waals surface area contributed by atoms with Gasteiger partial charge in [0.25, 0.3) is 0 Å². The molecule has 0 aromatic heterocycles. The number of carbonyl (C=O) groups is 1. The SMILES string of the molecule is Cc1ccc(S(=O)(=O)NCC(=O)NCCCc2ccccc2)c(C)c1. The van der Waals surface area contributed by atoms with Crippen molar-refractivity contribution in [3.63, 3.8) is 0 Å². The number of aryl methyl sites for hydroxylation is 3. The lowest BCUT2D eigenvalue weighted by molar-refractivity contribution is -0.119. The molecule has 0 aliphatic heterocycles. The molecule has 2 aromatic carbocycles. The fraction of sp³-hybridized carbons (Fsp3) is 0.316. The van der Waals surface area contributed by atoms with Gasteiger partial charge in [0.1, 0.15) is 0 Å². The zero-order chi connectivity index (χ0) is 18.3. The van der Waals surface area contributed by atoms with E-state index in [1.165, 1.54) is 5.56 Å². The van der Waals surface area contributed by atoms with E-state index in [0.29, 0.717) is 12.1 Å². The second-order valence-corrected chi connectivity index (χ2v) is 7.77. The van der Waals surface area contributed by atoms with Crippen LogP contribution in [0.1, 0.15) is 23.1 Å². The Morgan fingerprint density at radius 3 is 2.44 bits per heavy atom. The molecule has 6 heteroatoms. The van der Waals surface area contributed by atoms with E-state index in [0.717, 1.165) is 18.4 Å². The number of hydrogen-bond donors (Lipinski definition) is 2. The molecule has 0 radical (unpaired) electrons. The molecule has 0 bridgehead atoms. The molecule has 134 valence electrons. The zero-order valence-electron chi connectivity index (χ0n) is 14.6. The van der Waals surface area contributed by atoms with Gasteiger partial charge in [0.05, 0.1) is 11.4 Å². The lowest BCUT2D eigenvalue weighted by Crippen LogP contribution is -2.37. The van der Waals surface area contributed by atoms with Crippen LogP contribution in [0.15, 0.2) is 53.4 Å². The van der Waals surface area contributed by atoms with Gasteiger partial charge in [-0.2, -0.15) is 0 Å². The van der Waals surface area contributed by atoms with Crippen molar-refractivity contribution in [1.29, 1.82) is 0 Å². The zero-order valence-corrected chi connectivity index (χ0v) is 15.4. The Hall–Kier alpha value is -2.18. The van der Waals surface area contributed by atoms with Crippen LogP contribution >= 0.6 is 0 Å². The van der Waals surface area contributed by atoms with Gasteiger partial charge in [-0.1, -0.05) is 48.0 Å². The summed E-state index contributed by atoms with van der Waals surface area (Å²) in [4.78, 5) is 12.0. The van der Waals surface area contributed by atoms with E-state index in [2.05, 4.69) is 10.0 Å². The van der Waals surface area contributed by atoms with Crippen molar-refractivity contribution in [3.8, 4) is 0 Å². The van der Waals surface area contributed by atoms with E-state index in [-0.39, 0.29) is 17.3 Å². The Balaban J connectivity index is 1.77. The molecule has 0 fully saturated rings. The molecule has 0 unspecified atom stereocenters. The van der Waals surface area contributed by atoms with Crippen LogP contribution in [0.25, 0.3) is 0 Å². The highest BCUT2D eigenvalue weighted by Gasteiger charge is 2.17. The van der Waals surface area contributed by atoms with Crippen molar-refractivity contribution in [2.24, 2.45) is 0 Å². The molecule has 0 heterocycles. The maximum atomic E-state index is 12.3. The van der Waals surface area contributed by atoms with E-state index >= 15 is 0 Å². The molecule has 5 nitrogen and oxygen atoms in total. The molecule has 0 atom stereocenters. The first-order valence-corrected chi connectivity index (χ1v) is 9.74. The molecule has 0 aliphatic carbocycles. The van der Waals surface area contributed by atoms with Crippen molar-refractivity contribution in [3.05, 3.63) is 65.2 Å². The minimum absolute atomic E-state index is 0.204. The average molecular weight is 360 g/mol. The van der Waals surface area contributed by atoms with Gasteiger partial charge in [-0.05, 0) is 43.9 Å². The van der Waals surface area contributed by atoms with Crippen LogP contribution in [-0.2, 0) is 21.2 Å². The summed E-state index contributed by atoms with van der Waals surface area (Å²) >= 11 is 0. The second kappa shape index (κ2) is 8.78. The number of sulfonamides is 1. The summed E-state index contributed by atoms with van der Waals surface area (Å²) in [6, 6.07) is 15.1. The first kappa shape index (κ1) is 19.1. The van der Waals surface area contributed by atoms with Crippen molar-refractivity contribution >= 4 is 15.9 Å². The van der Waals surface area contributed by atoms with E-state index in [1.807, 2.05) is 37.3 Å². The van der Waals surface area contributed by atoms with E-state index in [4.69, 9.17) is 0 Å². The number of hydrogen-bond acceptors (Lipinski definition) is 3. The first-order chi connectivity index (χ1) is 11.9. The van der Waals surface area contributed by atoms with Gasteiger partial charge in [-0.15, -0.1) is 0 Å². The van der Waals surface area contributed by atoms with Gasteiger partial charge in [0, 0.05) is 6.54 Å². The van der Waals surface area contributed by atoms with Crippen LogP contribution in [0.4, 0.5) is 0 Å². The van der Waals surface area contributed by atoms with E-state index < -0.39 is 10.0 Å². The van der Waals surface area contributed by atoms with Crippen LogP contribution in [-0.4, -0.2) is 27.4 Å². The molecule has 0 aliphatic rings. The maximum absolute atomic E-state index is 12.3. The minimum atomic E-state index is -3.69. The number of rotatable bonds is 8. The fourth-order valence-electron chi connectivity index (χ4n) is 2.57. The summed E-state index contributed by atoms with van der Waals surface area (Å²) < 4.78 is 26.9. The molecule has 0 saturated heterocycles. The molecule has 25 heavy (non-hydrogen) atoms. The fourth-order valence-corrected chi connectivity index (χ4v) is 3.77. The third kappa shape index (κ3) is 5.99. The predicted octanol–water partition coefficient (Wildman–Crippen LogP) is 2.33. The largest absolute Gasteiger partial charge is 0.355 e. The van der Waals surface area contributed by atoms with Crippen molar-refractivity contribution in [2.75, 3.05) is 13.1 Å². The van der Waals surface area contributed by atoms with E-state index in [9.17, 15) is 13.2 Å². The molecular formula is C19H24N2O3S. The van der Waals surface area contributed by atoms with Gasteiger partial charge in [-0.25, -0.2) is 13.1 Å². The number of amides is 1. The van der Waals surface area contributed by atoms with Crippen LogP contribution in [0.2, 0.25) is 0 Å². The quantitative estimate of drug-likeness (QED) is 0.710. The van der Waals surface area contributed by atoms with Crippen LogP contribution < -0.4 is 10.0 Å². The van der Waals surface area contributed by atoms with Gasteiger partial charge >= 0.3 is 0 Å². The molecule has 0 saturated carbocycles. The summed E-state index contributed by atoms with van der Waals surface area (Å²) in [5.74, 6) is -0.332. The summed E-state index contributed by atoms with van der Waals surface area (Å²) in [5.41, 5.74) is 2.87. The van der Waals surface area contributed by atoms with Gasteiger partial charge < -0.3 is 5.32 Å². The average Bonchev–Trinajstić information content (AvgIpc) is 2.57. The van der Waals surface area contributed by atoms with Gasteiger partial charge in [0.2, 0.25) is 15.9 Å². The van der Waals surface area contributed by atoms with Gasteiger partial charge in [0.15, 0.2) is 0 Å². The Kier molecular flexibility index (Phi) is 6.73. The number of nitrogens with one attached hydrogen (secondary N) is 2. The first-order valence-electron chi connectivity index (χ1n) is 8.26. The molecule has 2 rings (SSSR count). The third-order valence-corrected chi connectivity index (χ3v) is 5.41. The van der Waals surface area contributed by atoms with Crippen LogP contribution in [0.5, 0.6) is 0 Å². The molecule has 2 aromatic rings. The van der Waals surface area contributed by atoms with Crippen LogP contribution in [0.3, 0.4) is 0 Å². The summed E-state index contributed by atoms with van der Waals surface area (Å²) in [5, 5.41) is 2.73.